The van der Waals surface area contributed by atoms with Crippen molar-refractivity contribution in [3.05, 3.63) is 18.0 Å². The largest absolute Gasteiger partial charge is 0.465 e. The molecule has 0 aliphatic rings. The normalized spacial score (nSPS) is 13.7. The Bertz CT molecular complexity index is 434. The van der Waals surface area contributed by atoms with E-state index in [0.717, 1.165) is 12.1 Å². The van der Waals surface area contributed by atoms with Crippen LogP contribution in [0.4, 0.5) is 0 Å². The second-order valence-corrected chi connectivity index (χ2v) is 4.18. The minimum Gasteiger partial charge on any atom is -0.465 e. The zero-order chi connectivity index (χ0) is 13.5. The molecule has 0 amide bonds. The summed E-state index contributed by atoms with van der Waals surface area (Å²) >= 11 is 0. The standard InChI is InChI=1S/C13H19N3O2/c1-4-10(3)16-7-6-12(15-16)8-11(9-14)13(17)18-5-2/h6-7,10-11H,4-5,8H2,1-3H3. The molecule has 0 bridgehead atoms. The van der Waals surface area contributed by atoms with Crippen molar-refractivity contribution in [2.24, 2.45) is 5.92 Å². The third kappa shape index (κ3) is 3.59. The summed E-state index contributed by atoms with van der Waals surface area (Å²) in [5, 5.41) is 13.3. The van der Waals surface area contributed by atoms with Gasteiger partial charge in [0, 0.05) is 18.7 Å². The Hall–Kier alpha value is -1.83. The highest BCUT2D eigenvalue weighted by atomic mass is 16.5. The van der Waals surface area contributed by atoms with Gasteiger partial charge in [0.05, 0.1) is 18.4 Å². The first kappa shape index (κ1) is 14.2. The molecule has 0 radical (unpaired) electrons. The molecule has 0 saturated carbocycles. The van der Waals surface area contributed by atoms with Crippen molar-refractivity contribution in [3.8, 4) is 6.07 Å². The van der Waals surface area contributed by atoms with Crippen LogP contribution >= 0.6 is 0 Å². The van der Waals surface area contributed by atoms with Crippen molar-refractivity contribution < 1.29 is 9.53 Å². The third-order valence-corrected chi connectivity index (χ3v) is 2.85. The monoisotopic (exact) mass is 249 g/mol. The number of ether oxygens (including phenoxy) is 1. The summed E-state index contributed by atoms with van der Waals surface area (Å²) < 4.78 is 6.70. The van der Waals surface area contributed by atoms with Gasteiger partial charge in [-0.3, -0.25) is 9.48 Å². The lowest BCUT2D eigenvalue weighted by molar-refractivity contribution is -0.145. The van der Waals surface area contributed by atoms with Crippen LogP contribution in [0.15, 0.2) is 12.3 Å². The molecule has 1 aromatic rings. The molecule has 0 fully saturated rings. The molecule has 1 aromatic heterocycles. The lowest BCUT2D eigenvalue weighted by Crippen LogP contribution is -2.19. The van der Waals surface area contributed by atoms with Gasteiger partial charge in [-0.15, -0.1) is 0 Å². The second-order valence-electron chi connectivity index (χ2n) is 4.18. The number of nitriles is 1. The Labute approximate surface area is 107 Å². The summed E-state index contributed by atoms with van der Waals surface area (Å²) in [4.78, 5) is 11.5. The maximum absolute atomic E-state index is 11.5. The lowest BCUT2D eigenvalue weighted by Gasteiger charge is -2.09. The fourth-order valence-corrected chi connectivity index (χ4v) is 1.55. The van der Waals surface area contributed by atoms with Crippen LogP contribution in [0.1, 0.15) is 38.9 Å². The molecular formula is C13H19N3O2. The van der Waals surface area contributed by atoms with E-state index in [1.54, 1.807) is 6.92 Å². The number of carbonyl (C=O) groups excluding carboxylic acids is 1. The molecule has 0 saturated heterocycles. The van der Waals surface area contributed by atoms with Gasteiger partial charge in [0.25, 0.3) is 0 Å². The van der Waals surface area contributed by atoms with Crippen LogP contribution in [0.25, 0.3) is 0 Å². The molecule has 5 heteroatoms. The summed E-state index contributed by atoms with van der Waals surface area (Å²) in [6, 6.07) is 4.13. The Morgan fingerprint density at radius 1 is 1.61 bits per heavy atom. The van der Waals surface area contributed by atoms with Crippen LogP contribution in [0.5, 0.6) is 0 Å². The summed E-state index contributed by atoms with van der Waals surface area (Å²) in [5.74, 6) is -1.25. The van der Waals surface area contributed by atoms with Crippen molar-refractivity contribution in [1.29, 1.82) is 5.26 Å². The molecule has 5 nitrogen and oxygen atoms in total. The van der Waals surface area contributed by atoms with Gasteiger partial charge in [0.15, 0.2) is 0 Å². The maximum Gasteiger partial charge on any atom is 0.323 e. The van der Waals surface area contributed by atoms with Crippen LogP contribution in [0, 0.1) is 17.2 Å². The lowest BCUT2D eigenvalue weighted by atomic mass is 10.1. The summed E-state index contributed by atoms with van der Waals surface area (Å²) in [5.41, 5.74) is 0.745. The first-order valence-electron chi connectivity index (χ1n) is 6.22. The van der Waals surface area contributed by atoms with Gasteiger partial charge in [-0.25, -0.2) is 0 Å². The number of carbonyl (C=O) groups is 1. The minimum atomic E-state index is -0.773. The zero-order valence-corrected chi connectivity index (χ0v) is 11.1. The number of aromatic nitrogens is 2. The van der Waals surface area contributed by atoms with E-state index < -0.39 is 11.9 Å². The van der Waals surface area contributed by atoms with Crippen LogP contribution in [0.3, 0.4) is 0 Å². The van der Waals surface area contributed by atoms with Gasteiger partial charge < -0.3 is 4.74 Å². The molecule has 0 N–H and O–H groups in total. The fourth-order valence-electron chi connectivity index (χ4n) is 1.55. The molecular weight excluding hydrogens is 230 g/mol. The van der Waals surface area contributed by atoms with Crippen LogP contribution in [0.2, 0.25) is 0 Å². The Morgan fingerprint density at radius 2 is 2.33 bits per heavy atom. The van der Waals surface area contributed by atoms with Crippen molar-refractivity contribution in [3.63, 3.8) is 0 Å². The molecule has 2 unspecified atom stereocenters. The maximum atomic E-state index is 11.5. The molecule has 2 atom stereocenters. The third-order valence-electron chi connectivity index (χ3n) is 2.85. The number of rotatable bonds is 6. The molecule has 0 aliphatic heterocycles. The molecule has 1 heterocycles. The topological polar surface area (TPSA) is 67.9 Å². The van der Waals surface area contributed by atoms with Gasteiger partial charge in [0.2, 0.25) is 0 Å². The van der Waals surface area contributed by atoms with Crippen molar-refractivity contribution in [2.75, 3.05) is 6.61 Å². The Balaban J connectivity index is 2.68. The van der Waals surface area contributed by atoms with E-state index in [4.69, 9.17) is 10.00 Å². The van der Waals surface area contributed by atoms with Crippen LogP contribution < -0.4 is 0 Å². The van der Waals surface area contributed by atoms with E-state index in [0.29, 0.717) is 19.1 Å². The molecule has 18 heavy (non-hydrogen) atoms. The predicted molar refractivity (Wildman–Crippen MR) is 66.7 cm³/mol. The second kappa shape index (κ2) is 6.80. The Kier molecular flexibility index (Phi) is 5.37. The molecule has 0 aromatic carbocycles. The molecule has 1 rings (SSSR count). The van der Waals surface area contributed by atoms with E-state index in [1.165, 1.54) is 0 Å². The number of nitrogens with zero attached hydrogens (tertiary/aromatic N) is 3. The molecule has 0 aliphatic carbocycles. The highest BCUT2D eigenvalue weighted by Crippen LogP contribution is 2.12. The predicted octanol–water partition coefficient (Wildman–Crippen LogP) is 2.10. The van der Waals surface area contributed by atoms with Crippen molar-refractivity contribution >= 4 is 5.97 Å². The summed E-state index contributed by atoms with van der Waals surface area (Å²) in [6.07, 6.45) is 3.17. The van der Waals surface area contributed by atoms with E-state index in [1.807, 2.05) is 23.0 Å². The van der Waals surface area contributed by atoms with E-state index in [-0.39, 0.29) is 0 Å². The van der Waals surface area contributed by atoms with Gasteiger partial charge >= 0.3 is 5.97 Å². The number of hydrogen-bond acceptors (Lipinski definition) is 4. The fraction of sp³-hybridized carbons (Fsp3) is 0.615. The average Bonchev–Trinajstić information content (AvgIpc) is 2.83. The van der Waals surface area contributed by atoms with Gasteiger partial charge in [0.1, 0.15) is 5.92 Å². The van der Waals surface area contributed by atoms with Crippen LogP contribution in [-0.4, -0.2) is 22.4 Å². The quantitative estimate of drug-likeness (QED) is 0.724. The van der Waals surface area contributed by atoms with Gasteiger partial charge in [-0.2, -0.15) is 10.4 Å². The molecule has 98 valence electrons. The van der Waals surface area contributed by atoms with Gasteiger partial charge in [-0.05, 0) is 26.3 Å². The van der Waals surface area contributed by atoms with E-state index in [2.05, 4.69) is 18.9 Å². The first-order valence-corrected chi connectivity index (χ1v) is 6.22. The van der Waals surface area contributed by atoms with E-state index >= 15 is 0 Å². The average molecular weight is 249 g/mol. The van der Waals surface area contributed by atoms with E-state index in [9.17, 15) is 4.79 Å². The van der Waals surface area contributed by atoms with Crippen LogP contribution in [-0.2, 0) is 16.0 Å². The Morgan fingerprint density at radius 3 is 2.89 bits per heavy atom. The minimum absolute atomic E-state index is 0.290. The molecule has 0 spiro atoms. The number of esters is 1. The van der Waals surface area contributed by atoms with Gasteiger partial charge in [-0.1, -0.05) is 6.92 Å². The summed E-state index contributed by atoms with van der Waals surface area (Å²) in [6.45, 7) is 6.18. The SMILES string of the molecule is CCOC(=O)C(C#N)Cc1ccn(C(C)CC)n1. The van der Waals surface area contributed by atoms with Crippen molar-refractivity contribution in [1.82, 2.24) is 9.78 Å². The summed E-state index contributed by atoms with van der Waals surface area (Å²) in [7, 11) is 0. The van der Waals surface area contributed by atoms with Crippen molar-refractivity contribution in [2.45, 2.75) is 39.7 Å². The smallest absolute Gasteiger partial charge is 0.323 e. The zero-order valence-electron chi connectivity index (χ0n) is 11.1. The number of hydrogen-bond donors (Lipinski definition) is 0. The first-order chi connectivity index (χ1) is 8.62. The highest BCUT2D eigenvalue weighted by Gasteiger charge is 2.21. The highest BCUT2D eigenvalue weighted by molar-refractivity contribution is 5.75.